The Morgan fingerprint density at radius 1 is 0.829 bits per heavy atom. The van der Waals surface area contributed by atoms with Crippen LogP contribution in [0.1, 0.15) is 65.2 Å². The lowest BCUT2D eigenvalue weighted by molar-refractivity contribution is -0.161. The Hall–Kier alpha value is -2.64. The van der Waals surface area contributed by atoms with Gasteiger partial charge in [0.25, 0.3) is 0 Å². The molecular formula is C27H36O8. The SMILES string of the molecule is COC(=O)/C=C/C(=O)OC1(C)CC2CC(/C=C(\CC(=O)OC)C(=O)OC3(C)CC4CCC3C4)C1C2. The molecule has 0 radical (unpaired) electrons. The molecule has 4 fully saturated rings. The van der Waals surface area contributed by atoms with Crippen molar-refractivity contribution in [3.8, 4) is 0 Å². The number of rotatable bonds is 8. The van der Waals surface area contributed by atoms with Crippen LogP contribution in [0, 0.1) is 29.6 Å². The van der Waals surface area contributed by atoms with Gasteiger partial charge in [-0.15, -0.1) is 0 Å². The lowest BCUT2D eigenvalue weighted by Gasteiger charge is -2.37. The van der Waals surface area contributed by atoms with Gasteiger partial charge >= 0.3 is 23.9 Å². The Kier molecular flexibility index (Phi) is 7.11. The zero-order chi connectivity index (χ0) is 25.4. The topological polar surface area (TPSA) is 105 Å². The maximum Gasteiger partial charge on any atom is 0.334 e. The first kappa shape index (κ1) is 25.5. The van der Waals surface area contributed by atoms with Crippen LogP contribution in [-0.4, -0.2) is 49.3 Å². The predicted molar refractivity (Wildman–Crippen MR) is 125 cm³/mol. The van der Waals surface area contributed by atoms with Gasteiger partial charge in [0, 0.05) is 23.6 Å². The molecule has 0 spiro atoms. The number of carbonyl (C=O) groups is 4. The Morgan fingerprint density at radius 3 is 2.14 bits per heavy atom. The fourth-order valence-electron chi connectivity index (χ4n) is 7.18. The first-order valence-electron chi connectivity index (χ1n) is 12.5. The summed E-state index contributed by atoms with van der Waals surface area (Å²) in [7, 11) is 2.54. The molecule has 0 aliphatic heterocycles. The van der Waals surface area contributed by atoms with E-state index in [4.69, 9.17) is 14.2 Å². The van der Waals surface area contributed by atoms with Crippen LogP contribution >= 0.6 is 0 Å². The summed E-state index contributed by atoms with van der Waals surface area (Å²) in [5, 5.41) is 0. The van der Waals surface area contributed by atoms with Crippen LogP contribution in [-0.2, 0) is 38.1 Å². The van der Waals surface area contributed by atoms with Gasteiger partial charge in [-0.05, 0) is 82.5 Å². The number of esters is 4. The van der Waals surface area contributed by atoms with Crippen LogP contribution in [0.15, 0.2) is 23.8 Å². The van der Waals surface area contributed by atoms with E-state index in [9.17, 15) is 19.2 Å². The van der Waals surface area contributed by atoms with Gasteiger partial charge in [0.1, 0.15) is 11.2 Å². The van der Waals surface area contributed by atoms with Gasteiger partial charge in [-0.2, -0.15) is 0 Å². The molecule has 4 saturated carbocycles. The van der Waals surface area contributed by atoms with Crippen molar-refractivity contribution in [2.24, 2.45) is 29.6 Å². The van der Waals surface area contributed by atoms with Crippen molar-refractivity contribution in [1.82, 2.24) is 0 Å². The molecule has 0 amide bonds. The average Bonchev–Trinajstić information content (AvgIpc) is 3.56. The third-order valence-corrected chi connectivity index (χ3v) is 8.74. The van der Waals surface area contributed by atoms with Gasteiger partial charge in [-0.25, -0.2) is 14.4 Å². The molecule has 4 bridgehead atoms. The van der Waals surface area contributed by atoms with Gasteiger partial charge in [-0.3, -0.25) is 4.79 Å². The Balaban J connectivity index is 1.49. The average molecular weight is 489 g/mol. The predicted octanol–water partition coefficient (Wildman–Crippen LogP) is 3.68. The van der Waals surface area contributed by atoms with E-state index in [1.165, 1.54) is 20.6 Å². The van der Waals surface area contributed by atoms with Crippen molar-refractivity contribution in [3.63, 3.8) is 0 Å². The molecule has 8 nitrogen and oxygen atoms in total. The quantitative estimate of drug-likeness (QED) is 0.289. The second kappa shape index (κ2) is 9.78. The van der Waals surface area contributed by atoms with Crippen LogP contribution in [0.4, 0.5) is 0 Å². The van der Waals surface area contributed by atoms with Crippen molar-refractivity contribution < 1.29 is 38.1 Å². The van der Waals surface area contributed by atoms with E-state index in [0.717, 1.165) is 50.7 Å². The molecule has 7 atom stereocenters. The molecule has 8 heteroatoms. The van der Waals surface area contributed by atoms with Crippen molar-refractivity contribution >= 4 is 23.9 Å². The molecule has 0 aromatic rings. The maximum atomic E-state index is 13.3. The number of carbonyl (C=O) groups excluding carboxylic acids is 4. The molecule has 192 valence electrons. The Bertz CT molecular complexity index is 951. The fourth-order valence-corrected chi connectivity index (χ4v) is 7.18. The number of methoxy groups -OCH3 is 2. The summed E-state index contributed by atoms with van der Waals surface area (Å²) in [6, 6.07) is 0. The lowest BCUT2D eigenvalue weighted by atomic mass is 9.77. The fraction of sp³-hybridized carbons (Fsp3) is 0.704. The highest BCUT2D eigenvalue weighted by atomic mass is 16.6. The van der Waals surface area contributed by atoms with Gasteiger partial charge < -0.3 is 18.9 Å². The van der Waals surface area contributed by atoms with Crippen molar-refractivity contribution in [2.75, 3.05) is 14.2 Å². The first-order valence-corrected chi connectivity index (χ1v) is 12.5. The summed E-state index contributed by atoms with van der Waals surface area (Å²) in [6.07, 6.45) is 10.5. The summed E-state index contributed by atoms with van der Waals surface area (Å²) >= 11 is 0. The van der Waals surface area contributed by atoms with Crippen molar-refractivity contribution in [3.05, 3.63) is 23.8 Å². The number of allylic oxidation sites excluding steroid dienone is 1. The highest BCUT2D eigenvalue weighted by Crippen LogP contribution is 2.56. The molecule has 7 unspecified atom stereocenters. The first-order chi connectivity index (χ1) is 16.5. The van der Waals surface area contributed by atoms with Gasteiger partial charge in [0.05, 0.1) is 20.6 Å². The van der Waals surface area contributed by atoms with E-state index in [2.05, 4.69) is 4.74 Å². The second-order valence-electron chi connectivity index (χ2n) is 11.1. The molecule has 0 heterocycles. The zero-order valence-electron chi connectivity index (χ0n) is 21.0. The van der Waals surface area contributed by atoms with Gasteiger partial charge in [0.2, 0.25) is 0 Å². The van der Waals surface area contributed by atoms with Crippen LogP contribution in [0.3, 0.4) is 0 Å². The molecule has 4 rings (SSSR count). The molecule has 0 aromatic heterocycles. The minimum absolute atomic E-state index is 0.00139. The summed E-state index contributed by atoms with van der Waals surface area (Å²) < 4.78 is 21.2. The lowest BCUT2D eigenvalue weighted by Crippen LogP contribution is -2.41. The van der Waals surface area contributed by atoms with Gasteiger partial charge in [-0.1, -0.05) is 6.08 Å². The van der Waals surface area contributed by atoms with E-state index in [-0.39, 0.29) is 18.3 Å². The highest BCUT2D eigenvalue weighted by Gasteiger charge is 2.55. The summed E-state index contributed by atoms with van der Waals surface area (Å²) in [5.74, 6) is -0.869. The largest absolute Gasteiger partial charge is 0.469 e. The minimum atomic E-state index is -0.724. The highest BCUT2D eigenvalue weighted by molar-refractivity contribution is 5.94. The third-order valence-electron chi connectivity index (χ3n) is 8.74. The van der Waals surface area contributed by atoms with Crippen molar-refractivity contribution in [1.29, 1.82) is 0 Å². The number of fused-ring (bicyclic) bond motifs is 4. The molecule has 0 N–H and O–H groups in total. The Labute approximate surface area is 206 Å². The standard InChI is InChI=1S/C27H36O8/c1-26(14-16-5-6-20(26)10-16)35-25(31)19(13-24(30)33-4)12-18-9-17-11-21(18)27(2,15-17)34-23(29)8-7-22(28)32-3/h7-8,12,16-18,20-21H,5-6,9-11,13-15H2,1-4H3/b8-7+,19-12+. The monoisotopic (exact) mass is 488 g/mol. The minimum Gasteiger partial charge on any atom is -0.469 e. The van der Waals surface area contributed by atoms with E-state index >= 15 is 0 Å². The van der Waals surface area contributed by atoms with Crippen LogP contribution in [0.2, 0.25) is 0 Å². The molecule has 0 saturated heterocycles. The number of hydrogen-bond donors (Lipinski definition) is 0. The molecular weight excluding hydrogens is 452 g/mol. The summed E-state index contributed by atoms with van der Waals surface area (Å²) in [4.78, 5) is 49.1. The summed E-state index contributed by atoms with van der Waals surface area (Å²) in [5.41, 5.74) is -0.893. The number of ether oxygens (including phenoxy) is 4. The van der Waals surface area contributed by atoms with E-state index in [0.29, 0.717) is 23.3 Å². The maximum absolute atomic E-state index is 13.3. The van der Waals surface area contributed by atoms with E-state index < -0.39 is 35.1 Å². The van der Waals surface area contributed by atoms with Crippen molar-refractivity contribution in [2.45, 2.75) is 76.4 Å². The second-order valence-corrected chi connectivity index (χ2v) is 11.1. The number of hydrogen-bond acceptors (Lipinski definition) is 8. The van der Waals surface area contributed by atoms with Crippen LogP contribution in [0.25, 0.3) is 0 Å². The molecule has 4 aliphatic carbocycles. The van der Waals surface area contributed by atoms with Crippen LogP contribution < -0.4 is 0 Å². The normalized spacial score (nSPS) is 37.5. The molecule has 0 aromatic carbocycles. The smallest absolute Gasteiger partial charge is 0.334 e. The summed E-state index contributed by atoms with van der Waals surface area (Å²) in [6.45, 7) is 3.91. The molecule has 35 heavy (non-hydrogen) atoms. The van der Waals surface area contributed by atoms with E-state index in [1.807, 2.05) is 19.9 Å². The molecule has 4 aliphatic rings. The van der Waals surface area contributed by atoms with Crippen LogP contribution in [0.5, 0.6) is 0 Å². The third kappa shape index (κ3) is 5.31. The zero-order valence-corrected chi connectivity index (χ0v) is 21.0. The van der Waals surface area contributed by atoms with Gasteiger partial charge in [0.15, 0.2) is 0 Å². The Morgan fingerprint density at radius 2 is 1.54 bits per heavy atom. The van der Waals surface area contributed by atoms with E-state index in [1.54, 1.807) is 0 Å².